The van der Waals surface area contributed by atoms with Gasteiger partial charge in [0.15, 0.2) is 0 Å². The molecule has 1 amide bonds. The van der Waals surface area contributed by atoms with Gasteiger partial charge in [-0.05, 0) is 19.4 Å². The van der Waals surface area contributed by atoms with Gasteiger partial charge in [0, 0.05) is 20.1 Å². The van der Waals surface area contributed by atoms with Crippen LogP contribution in [0.15, 0.2) is 30.3 Å². The highest BCUT2D eigenvalue weighted by Gasteiger charge is 2.18. The van der Waals surface area contributed by atoms with Gasteiger partial charge in [-0.3, -0.25) is 4.79 Å². The summed E-state index contributed by atoms with van der Waals surface area (Å²) in [6, 6.07) is 11.6. The van der Waals surface area contributed by atoms with E-state index >= 15 is 0 Å². The largest absolute Gasteiger partial charge is 0.345 e. The maximum atomic E-state index is 11.9. The molecule has 19 heavy (non-hydrogen) atoms. The summed E-state index contributed by atoms with van der Waals surface area (Å²) in [6.45, 7) is 4.93. The Hall–Kier alpha value is -1.86. The van der Waals surface area contributed by atoms with E-state index in [0.29, 0.717) is 13.1 Å². The highest BCUT2D eigenvalue weighted by molar-refractivity contribution is 5.81. The van der Waals surface area contributed by atoms with Crippen molar-refractivity contribution in [2.24, 2.45) is 0 Å². The number of carbonyl (C=O) groups excluding carboxylic acids is 1. The Morgan fingerprint density at radius 3 is 2.58 bits per heavy atom. The Morgan fingerprint density at radius 2 is 2.05 bits per heavy atom. The second-order valence-corrected chi connectivity index (χ2v) is 4.57. The van der Waals surface area contributed by atoms with E-state index < -0.39 is 0 Å². The molecule has 102 valence electrons. The molecule has 0 spiro atoms. The van der Waals surface area contributed by atoms with E-state index in [1.54, 1.807) is 11.9 Å². The van der Waals surface area contributed by atoms with Crippen molar-refractivity contribution in [3.8, 4) is 6.07 Å². The van der Waals surface area contributed by atoms with Crippen LogP contribution in [0, 0.1) is 11.3 Å². The molecule has 0 bridgehead atoms. The average Bonchev–Trinajstić information content (AvgIpc) is 2.47. The molecule has 2 atom stereocenters. The first kappa shape index (κ1) is 15.2. The number of amides is 1. The molecule has 2 unspecified atom stereocenters. The molecule has 4 nitrogen and oxygen atoms in total. The lowest BCUT2D eigenvalue weighted by atomic mass is 10.0. The molecule has 0 heterocycles. The van der Waals surface area contributed by atoms with Gasteiger partial charge in [0.2, 0.25) is 5.91 Å². The normalized spacial score (nSPS) is 13.4. The van der Waals surface area contributed by atoms with Crippen molar-refractivity contribution in [1.82, 2.24) is 10.2 Å². The minimum absolute atomic E-state index is 0.0484. The molecule has 1 aromatic carbocycles. The van der Waals surface area contributed by atoms with Crippen molar-refractivity contribution < 1.29 is 4.79 Å². The molecule has 0 saturated heterocycles. The molecule has 0 aromatic heterocycles. The Labute approximate surface area is 115 Å². The van der Waals surface area contributed by atoms with Gasteiger partial charge in [-0.1, -0.05) is 30.3 Å². The molecular formula is C15H21N3O. The zero-order valence-corrected chi connectivity index (χ0v) is 11.8. The number of hydrogen-bond donors (Lipinski definition) is 1. The van der Waals surface area contributed by atoms with E-state index in [2.05, 4.69) is 11.4 Å². The Bertz CT molecular complexity index is 438. The third-order valence-electron chi connectivity index (χ3n) is 3.21. The molecule has 0 aliphatic carbocycles. The maximum Gasteiger partial charge on any atom is 0.239 e. The topological polar surface area (TPSA) is 56.1 Å². The van der Waals surface area contributed by atoms with E-state index in [9.17, 15) is 10.1 Å². The molecule has 1 aromatic rings. The summed E-state index contributed by atoms with van der Waals surface area (Å²) in [6.07, 6.45) is 0. The summed E-state index contributed by atoms with van der Waals surface area (Å²) >= 11 is 0. The van der Waals surface area contributed by atoms with Crippen molar-refractivity contribution in [3.05, 3.63) is 35.9 Å². The second kappa shape index (κ2) is 7.55. The van der Waals surface area contributed by atoms with Crippen LogP contribution in [0.2, 0.25) is 0 Å². The molecule has 0 fully saturated rings. The predicted molar refractivity (Wildman–Crippen MR) is 75.6 cm³/mol. The number of nitrogens with zero attached hydrogens (tertiary/aromatic N) is 2. The molecular weight excluding hydrogens is 238 g/mol. The van der Waals surface area contributed by atoms with Crippen LogP contribution in [0.1, 0.15) is 25.3 Å². The molecule has 4 heteroatoms. The van der Waals surface area contributed by atoms with Gasteiger partial charge in [0.05, 0.1) is 18.0 Å². The van der Waals surface area contributed by atoms with E-state index in [4.69, 9.17) is 0 Å². The van der Waals surface area contributed by atoms with Crippen molar-refractivity contribution >= 4 is 5.91 Å². The van der Waals surface area contributed by atoms with Crippen molar-refractivity contribution in [2.45, 2.75) is 25.8 Å². The number of rotatable bonds is 6. The molecule has 0 radical (unpaired) electrons. The minimum Gasteiger partial charge on any atom is -0.345 e. The fourth-order valence-corrected chi connectivity index (χ4v) is 1.79. The van der Waals surface area contributed by atoms with Crippen LogP contribution >= 0.6 is 0 Å². The van der Waals surface area contributed by atoms with Gasteiger partial charge < -0.3 is 10.2 Å². The number of nitrogens with one attached hydrogen (secondary N) is 1. The van der Waals surface area contributed by atoms with Gasteiger partial charge in [-0.25, -0.2) is 0 Å². The second-order valence-electron chi connectivity index (χ2n) is 4.57. The van der Waals surface area contributed by atoms with Gasteiger partial charge in [-0.2, -0.15) is 5.26 Å². The van der Waals surface area contributed by atoms with Crippen LogP contribution in [-0.4, -0.2) is 37.0 Å². The van der Waals surface area contributed by atoms with Crippen LogP contribution in [0.25, 0.3) is 0 Å². The lowest BCUT2D eigenvalue weighted by Gasteiger charge is -2.21. The third kappa shape index (κ3) is 4.38. The SMILES string of the molecule is CCN(C)C(=O)C(C)NCC(C#N)c1ccccc1. The first-order valence-electron chi connectivity index (χ1n) is 6.53. The van der Waals surface area contributed by atoms with Gasteiger partial charge >= 0.3 is 0 Å². The standard InChI is InChI=1S/C15H21N3O/c1-4-18(3)15(19)12(2)17-11-14(10-16)13-8-6-5-7-9-13/h5-9,12,14,17H,4,11H2,1-3H3. The molecule has 1 rings (SSSR count). The highest BCUT2D eigenvalue weighted by Crippen LogP contribution is 2.13. The van der Waals surface area contributed by atoms with Crippen LogP contribution in [0.3, 0.4) is 0 Å². The van der Waals surface area contributed by atoms with E-state index in [1.165, 1.54) is 0 Å². The minimum atomic E-state index is -0.274. The quantitative estimate of drug-likeness (QED) is 0.846. The van der Waals surface area contributed by atoms with Gasteiger partial charge in [0.1, 0.15) is 0 Å². The summed E-state index contributed by atoms with van der Waals surface area (Å²) in [5.41, 5.74) is 0.973. The number of nitriles is 1. The first-order chi connectivity index (χ1) is 9.10. The van der Waals surface area contributed by atoms with E-state index in [1.807, 2.05) is 44.2 Å². The van der Waals surface area contributed by atoms with Gasteiger partial charge in [0.25, 0.3) is 0 Å². The zero-order chi connectivity index (χ0) is 14.3. The molecule has 0 saturated carbocycles. The Balaban J connectivity index is 2.56. The fraction of sp³-hybridized carbons (Fsp3) is 0.467. The van der Waals surface area contributed by atoms with Crippen LogP contribution in [0.5, 0.6) is 0 Å². The smallest absolute Gasteiger partial charge is 0.239 e. The van der Waals surface area contributed by atoms with Crippen LogP contribution < -0.4 is 5.32 Å². The average molecular weight is 259 g/mol. The van der Waals surface area contributed by atoms with Crippen molar-refractivity contribution in [3.63, 3.8) is 0 Å². The van der Waals surface area contributed by atoms with E-state index in [0.717, 1.165) is 5.56 Å². The summed E-state index contributed by atoms with van der Waals surface area (Å²) in [7, 11) is 1.78. The van der Waals surface area contributed by atoms with Crippen molar-refractivity contribution in [1.29, 1.82) is 5.26 Å². The number of likely N-dealkylation sites (N-methyl/N-ethyl adjacent to an activating group) is 1. The Morgan fingerprint density at radius 1 is 1.42 bits per heavy atom. The van der Waals surface area contributed by atoms with Crippen LogP contribution in [0.4, 0.5) is 0 Å². The van der Waals surface area contributed by atoms with E-state index in [-0.39, 0.29) is 17.9 Å². The summed E-state index contributed by atoms with van der Waals surface area (Å²) < 4.78 is 0. The number of carbonyl (C=O) groups is 1. The first-order valence-corrected chi connectivity index (χ1v) is 6.53. The monoisotopic (exact) mass is 259 g/mol. The Kier molecular flexibility index (Phi) is 6.04. The molecule has 0 aliphatic rings. The third-order valence-corrected chi connectivity index (χ3v) is 3.21. The number of benzene rings is 1. The molecule has 1 N–H and O–H groups in total. The summed E-state index contributed by atoms with van der Waals surface area (Å²) in [4.78, 5) is 13.6. The predicted octanol–water partition coefficient (Wildman–Crippen LogP) is 1.75. The van der Waals surface area contributed by atoms with Gasteiger partial charge in [-0.15, -0.1) is 0 Å². The lowest BCUT2D eigenvalue weighted by molar-refractivity contribution is -0.131. The maximum absolute atomic E-state index is 11.9. The lowest BCUT2D eigenvalue weighted by Crippen LogP contribution is -2.44. The van der Waals surface area contributed by atoms with Crippen LogP contribution in [-0.2, 0) is 4.79 Å². The molecule has 0 aliphatic heterocycles. The highest BCUT2D eigenvalue weighted by atomic mass is 16.2. The number of hydrogen-bond acceptors (Lipinski definition) is 3. The summed E-state index contributed by atoms with van der Waals surface area (Å²) in [5.74, 6) is -0.185. The zero-order valence-electron chi connectivity index (χ0n) is 11.8. The summed E-state index contributed by atoms with van der Waals surface area (Å²) in [5, 5.41) is 12.3. The van der Waals surface area contributed by atoms with Crippen molar-refractivity contribution in [2.75, 3.05) is 20.1 Å². The fourth-order valence-electron chi connectivity index (χ4n) is 1.79.